The highest BCUT2D eigenvalue weighted by molar-refractivity contribution is 5.96. The Morgan fingerprint density at radius 1 is 1.33 bits per heavy atom. The zero-order valence-corrected chi connectivity index (χ0v) is 10.4. The second-order valence-electron chi connectivity index (χ2n) is 3.81. The van der Waals surface area contributed by atoms with Crippen molar-refractivity contribution in [2.24, 2.45) is 0 Å². The van der Waals surface area contributed by atoms with Crippen LogP contribution in [0.3, 0.4) is 0 Å². The van der Waals surface area contributed by atoms with Gasteiger partial charge in [0.05, 0.1) is 5.56 Å². The maximum absolute atomic E-state index is 11.6. The van der Waals surface area contributed by atoms with Crippen LogP contribution in [0.5, 0.6) is 0 Å². The lowest BCUT2D eigenvalue weighted by atomic mass is 10.2. The average molecular weight is 247 g/mol. The molecule has 1 aromatic carbocycles. The summed E-state index contributed by atoms with van der Waals surface area (Å²) in [5.74, 6) is -0.663. The van der Waals surface area contributed by atoms with Crippen LogP contribution in [0, 0.1) is 0 Å². The first-order valence-electron chi connectivity index (χ1n) is 5.79. The molecule has 0 saturated heterocycles. The van der Waals surface area contributed by atoms with Gasteiger partial charge < -0.3 is 10.5 Å². The Morgan fingerprint density at radius 3 is 2.72 bits per heavy atom. The summed E-state index contributed by atoms with van der Waals surface area (Å²) in [6, 6.07) is 6.61. The number of ether oxygens (including phenoxy) is 1. The maximum atomic E-state index is 11.6. The van der Waals surface area contributed by atoms with Gasteiger partial charge in [-0.1, -0.05) is 24.3 Å². The van der Waals surface area contributed by atoms with Crippen molar-refractivity contribution in [1.82, 2.24) is 0 Å². The van der Waals surface area contributed by atoms with Gasteiger partial charge in [-0.3, -0.25) is 4.79 Å². The van der Waals surface area contributed by atoms with Gasteiger partial charge in [-0.2, -0.15) is 0 Å². The van der Waals surface area contributed by atoms with Crippen LogP contribution in [-0.2, 0) is 9.53 Å². The number of carbonyl (C=O) groups is 2. The smallest absolute Gasteiger partial charge is 0.340 e. The molecule has 0 bridgehead atoms. The quantitative estimate of drug-likeness (QED) is 0.476. The third-order valence-corrected chi connectivity index (χ3v) is 2.37. The third-order valence-electron chi connectivity index (χ3n) is 2.37. The number of nitrogen functional groups attached to an aromatic ring is 1. The fourth-order valence-corrected chi connectivity index (χ4v) is 1.39. The van der Waals surface area contributed by atoms with E-state index in [1.807, 2.05) is 19.1 Å². The molecule has 0 fully saturated rings. The molecule has 0 heterocycles. The van der Waals surface area contributed by atoms with Crippen LogP contribution in [-0.4, -0.2) is 18.4 Å². The van der Waals surface area contributed by atoms with E-state index in [1.54, 1.807) is 24.3 Å². The largest absolute Gasteiger partial charge is 0.454 e. The molecule has 18 heavy (non-hydrogen) atoms. The fourth-order valence-electron chi connectivity index (χ4n) is 1.39. The second kappa shape index (κ2) is 7.27. The van der Waals surface area contributed by atoms with Crippen LogP contribution in [0.1, 0.15) is 30.1 Å². The van der Waals surface area contributed by atoms with Crippen molar-refractivity contribution in [3.63, 3.8) is 0 Å². The molecule has 0 unspecified atom stereocenters. The molecule has 0 amide bonds. The highest BCUT2D eigenvalue weighted by Gasteiger charge is 2.12. The number of rotatable bonds is 6. The van der Waals surface area contributed by atoms with Gasteiger partial charge in [-0.15, -0.1) is 0 Å². The molecule has 4 nitrogen and oxygen atoms in total. The summed E-state index contributed by atoms with van der Waals surface area (Å²) >= 11 is 0. The predicted octanol–water partition coefficient (Wildman–Crippen LogP) is 2.35. The third kappa shape index (κ3) is 4.41. The number of hydrogen-bond donors (Lipinski definition) is 1. The zero-order chi connectivity index (χ0) is 13.4. The Hall–Kier alpha value is -2.10. The van der Waals surface area contributed by atoms with E-state index >= 15 is 0 Å². The number of benzene rings is 1. The molecule has 4 heteroatoms. The van der Waals surface area contributed by atoms with Crippen LogP contribution in [0.15, 0.2) is 36.4 Å². The molecule has 0 radical (unpaired) electrons. The number of allylic oxidation sites excluding steroid dienone is 2. The molecule has 0 spiro atoms. The summed E-state index contributed by atoms with van der Waals surface area (Å²) in [7, 11) is 0. The van der Waals surface area contributed by atoms with E-state index in [-0.39, 0.29) is 12.4 Å². The number of para-hydroxylation sites is 1. The van der Waals surface area contributed by atoms with Gasteiger partial charge >= 0.3 is 5.97 Å². The first kappa shape index (κ1) is 14.0. The van der Waals surface area contributed by atoms with Crippen molar-refractivity contribution < 1.29 is 14.3 Å². The molecule has 0 aliphatic heterocycles. The van der Waals surface area contributed by atoms with Crippen LogP contribution in [0.25, 0.3) is 0 Å². The summed E-state index contributed by atoms with van der Waals surface area (Å²) in [6.07, 6.45) is 4.82. The lowest BCUT2D eigenvalue weighted by molar-refractivity contribution is -0.122. The number of anilines is 1. The Kier molecular flexibility index (Phi) is 5.64. The van der Waals surface area contributed by atoms with Crippen molar-refractivity contribution in [2.75, 3.05) is 12.3 Å². The second-order valence-corrected chi connectivity index (χ2v) is 3.81. The van der Waals surface area contributed by atoms with Crippen molar-refractivity contribution in [1.29, 1.82) is 0 Å². The van der Waals surface area contributed by atoms with E-state index in [1.165, 1.54) is 0 Å². The minimum atomic E-state index is -0.563. The fraction of sp³-hybridized carbons (Fsp3) is 0.286. The molecule has 1 rings (SSSR count). The molecule has 0 aromatic heterocycles. The maximum Gasteiger partial charge on any atom is 0.340 e. The number of nitrogens with two attached hydrogens (primary N) is 1. The number of esters is 1. The highest BCUT2D eigenvalue weighted by Crippen LogP contribution is 2.11. The average Bonchev–Trinajstić information content (AvgIpc) is 2.37. The SMILES string of the molecule is C/C=C/CCC(=O)COC(=O)c1ccccc1N. The van der Waals surface area contributed by atoms with Crippen LogP contribution >= 0.6 is 0 Å². The Morgan fingerprint density at radius 2 is 2.06 bits per heavy atom. The zero-order valence-electron chi connectivity index (χ0n) is 10.4. The molecule has 1 aromatic rings. The van der Waals surface area contributed by atoms with Crippen LogP contribution in [0.4, 0.5) is 5.69 Å². The van der Waals surface area contributed by atoms with E-state index < -0.39 is 5.97 Å². The number of Topliss-reactive ketones (excluding diaryl/α,β-unsaturated/α-hetero) is 1. The van der Waals surface area contributed by atoms with E-state index in [9.17, 15) is 9.59 Å². The van der Waals surface area contributed by atoms with Gasteiger partial charge in [0.25, 0.3) is 0 Å². The van der Waals surface area contributed by atoms with E-state index in [4.69, 9.17) is 10.5 Å². The number of carbonyl (C=O) groups excluding carboxylic acids is 2. The topological polar surface area (TPSA) is 69.4 Å². The highest BCUT2D eigenvalue weighted by atomic mass is 16.5. The summed E-state index contributed by atoms with van der Waals surface area (Å²) in [5, 5.41) is 0. The van der Waals surface area contributed by atoms with Crippen LogP contribution < -0.4 is 5.73 Å². The van der Waals surface area contributed by atoms with Crippen molar-refractivity contribution in [3.05, 3.63) is 42.0 Å². The molecule has 96 valence electrons. The molecule has 2 N–H and O–H groups in total. The number of ketones is 1. The summed E-state index contributed by atoms with van der Waals surface area (Å²) < 4.78 is 4.91. The standard InChI is InChI=1S/C14H17NO3/c1-2-3-4-7-11(16)10-18-14(17)12-8-5-6-9-13(12)15/h2-3,5-6,8-9H,4,7,10,15H2,1H3/b3-2+. The van der Waals surface area contributed by atoms with Gasteiger partial charge in [0.2, 0.25) is 0 Å². The first-order valence-corrected chi connectivity index (χ1v) is 5.79. The van der Waals surface area contributed by atoms with Crippen molar-refractivity contribution in [3.8, 4) is 0 Å². The minimum Gasteiger partial charge on any atom is -0.454 e. The van der Waals surface area contributed by atoms with Crippen molar-refractivity contribution >= 4 is 17.4 Å². The van der Waals surface area contributed by atoms with E-state index in [2.05, 4.69) is 0 Å². The molecular formula is C14H17NO3. The van der Waals surface area contributed by atoms with Gasteiger partial charge in [-0.25, -0.2) is 4.79 Å². The molecule has 0 saturated carbocycles. The minimum absolute atomic E-state index is 0.101. The lowest BCUT2D eigenvalue weighted by Crippen LogP contribution is -2.14. The summed E-state index contributed by atoms with van der Waals surface area (Å²) in [6.45, 7) is 1.69. The van der Waals surface area contributed by atoms with Gasteiger partial charge in [0.15, 0.2) is 5.78 Å². The Bertz CT molecular complexity index is 452. The van der Waals surface area contributed by atoms with Gasteiger partial charge in [0, 0.05) is 12.1 Å². The molecule has 0 aliphatic carbocycles. The summed E-state index contributed by atoms with van der Waals surface area (Å²) in [5.41, 5.74) is 6.27. The predicted molar refractivity (Wildman–Crippen MR) is 70.2 cm³/mol. The number of hydrogen-bond acceptors (Lipinski definition) is 4. The Balaban J connectivity index is 2.42. The van der Waals surface area contributed by atoms with Crippen molar-refractivity contribution in [2.45, 2.75) is 19.8 Å². The first-order chi connectivity index (χ1) is 8.65. The Labute approximate surface area is 106 Å². The van der Waals surface area contributed by atoms with Gasteiger partial charge in [-0.05, 0) is 25.5 Å². The van der Waals surface area contributed by atoms with E-state index in [0.29, 0.717) is 24.1 Å². The van der Waals surface area contributed by atoms with E-state index in [0.717, 1.165) is 0 Å². The summed E-state index contributed by atoms with van der Waals surface area (Å²) in [4.78, 5) is 23.0. The monoisotopic (exact) mass is 247 g/mol. The molecule has 0 aliphatic rings. The normalized spacial score (nSPS) is 10.5. The van der Waals surface area contributed by atoms with Crippen LogP contribution in [0.2, 0.25) is 0 Å². The van der Waals surface area contributed by atoms with Gasteiger partial charge in [0.1, 0.15) is 6.61 Å². The molecular weight excluding hydrogens is 230 g/mol. The lowest BCUT2D eigenvalue weighted by Gasteiger charge is -2.05. The molecule has 0 atom stereocenters.